The van der Waals surface area contributed by atoms with Crippen molar-refractivity contribution in [1.29, 1.82) is 0 Å². The smallest absolute Gasteiger partial charge is 0.382 e. The van der Waals surface area contributed by atoms with Crippen LogP contribution in [0.2, 0.25) is 0 Å². The molecule has 0 amide bonds. The molecule has 0 bridgehead atoms. The lowest BCUT2D eigenvalue weighted by atomic mass is 10.4. The Morgan fingerprint density at radius 3 is 1.37 bits per heavy atom. The zero-order valence-electron chi connectivity index (χ0n) is 13.1. The van der Waals surface area contributed by atoms with Gasteiger partial charge in [0.2, 0.25) is 0 Å². The molecule has 0 atom stereocenters. The van der Waals surface area contributed by atoms with Crippen LogP contribution in [0.3, 0.4) is 0 Å². The summed E-state index contributed by atoms with van der Waals surface area (Å²) >= 11 is 0. The molecule has 0 aromatic rings. The molecule has 4 nitrogen and oxygen atoms in total. The average molecular weight is 288 g/mol. The fraction of sp³-hybridized carbons (Fsp3) is 0.857. The zero-order chi connectivity index (χ0) is 15.1. The van der Waals surface area contributed by atoms with Gasteiger partial charge in [-0.3, -0.25) is 9.59 Å². The monoisotopic (exact) mass is 288 g/mol. The van der Waals surface area contributed by atoms with Crippen molar-refractivity contribution in [1.82, 2.24) is 0 Å². The summed E-state index contributed by atoms with van der Waals surface area (Å²) in [7, 11) is -3.45. The van der Waals surface area contributed by atoms with Crippen molar-refractivity contribution in [2.24, 2.45) is 0 Å². The van der Waals surface area contributed by atoms with Crippen molar-refractivity contribution in [2.45, 2.75) is 79.4 Å². The summed E-state index contributed by atoms with van der Waals surface area (Å²) in [5.74, 6) is 0. The second-order valence-corrected chi connectivity index (χ2v) is 8.12. The van der Waals surface area contributed by atoms with Crippen molar-refractivity contribution in [3.8, 4) is 0 Å². The summed E-state index contributed by atoms with van der Waals surface area (Å²) < 4.78 is 11.6. The van der Waals surface area contributed by atoms with Gasteiger partial charge in [-0.2, -0.15) is 0 Å². The van der Waals surface area contributed by atoms with E-state index in [1.54, 1.807) is 0 Å². The molecule has 0 fully saturated rings. The van der Waals surface area contributed by atoms with Crippen LogP contribution >= 0.6 is 0 Å². The van der Waals surface area contributed by atoms with Gasteiger partial charge in [-0.1, -0.05) is 13.8 Å². The summed E-state index contributed by atoms with van der Waals surface area (Å²) in [6.45, 7) is 11.2. The van der Waals surface area contributed by atoms with Crippen LogP contribution in [0, 0.1) is 0 Å². The number of rotatable bonds is 10. The van der Waals surface area contributed by atoms with Crippen LogP contribution in [0.4, 0.5) is 0 Å². The molecule has 0 rings (SSSR count). The third kappa shape index (κ3) is 5.54. The Labute approximate surface area is 118 Å². The Bertz CT molecular complexity index is 270. The van der Waals surface area contributed by atoms with Crippen molar-refractivity contribution in [2.75, 3.05) is 0 Å². The van der Waals surface area contributed by atoms with E-state index in [2.05, 4.69) is 0 Å². The molecule has 0 aromatic heterocycles. The van der Waals surface area contributed by atoms with Crippen molar-refractivity contribution in [3.63, 3.8) is 0 Å². The molecular formula is C14H28O4Si. The SMILES string of the molecule is CCCC(=O)[Si](OC(C)C)(OC(C)C)C(=O)CCC. The summed E-state index contributed by atoms with van der Waals surface area (Å²) in [6.07, 6.45) is 1.73. The largest absolute Gasteiger partial charge is 0.481 e. The van der Waals surface area contributed by atoms with Gasteiger partial charge in [-0.25, -0.2) is 0 Å². The highest BCUT2D eigenvalue weighted by molar-refractivity contribution is 7.17. The van der Waals surface area contributed by atoms with E-state index >= 15 is 0 Å². The first kappa shape index (κ1) is 18.5. The van der Waals surface area contributed by atoms with Gasteiger partial charge in [0, 0.05) is 25.0 Å². The fourth-order valence-electron chi connectivity index (χ4n) is 1.89. The lowest BCUT2D eigenvalue weighted by molar-refractivity contribution is -0.123. The highest BCUT2D eigenvalue weighted by Crippen LogP contribution is 2.20. The molecule has 0 saturated heterocycles. The summed E-state index contributed by atoms with van der Waals surface area (Å²) in [5.41, 5.74) is 0. The van der Waals surface area contributed by atoms with Crippen LogP contribution in [0.15, 0.2) is 0 Å². The minimum atomic E-state index is -3.45. The van der Waals surface area contributed by atoms with Crippen molar-refractivity contribution < 1.29 is 18.4 Å². The van der Waals surface area contributed by atoms with E-state index in [4.69, 9.17) is 8.85 Å². The predicted octanol–water partition coefficient (Wildman–Crippen LogP) is 3.10. The minimum absolute atomic E-state index is 0.129. The van der Waals surface area contributed by atoms with Crippen LogP contribution in [-0.4, -0.2) is 31.6 Å². The number of hydrogen-bond donors (Lipinski definition) is 0. The lowest BCUT2D eigenvalue weighted by Gasteiger charge is -2.31. The lowest BCUT2D eigenvalue weighted by Crippen LogP contribution is -2.60. The van der Waals surface area contributed by atoms with E-state index in [1.165, 1.54) is 0 Å². The van der Waals surface area contributed by atoms with Gasteiger partial charge in [0.15, 0.2) is 10.8 Å². The Kier molecular flexibility index (Phi) is 8.37. The molecule has 0 aromatic carbocycles. The van der Waals surface area contributed by atoms with Crippen LogP contribution in [0.25, 0.3) is 0 Å². The van der Waals surface area contributed by atoms with Crippen LogP contribution in [0.5, 0.6) is 0 Å². The molecule has 112 valence electrons. The van der Waals surface area contributed by atoms with E-state index in [9.17, 15) is 9.59 Å². The molecule has 0 heterocycles. The first-order chi connectivity index (χ1) is 8.80. The maximum Gasteiger partial charge on any atom is 0.481 e. The summed E-state index contributed by atoms with van der Waals surface area (Å²) in [6, 6.07) is 0. The Morgan fingerprint density at radius 2 is 1.16 bits per heavy atom. The van der Waals surface area contributed by atoms with Crippen molar-refractivity contribution in [3.05, 3.63) is 0 Å². The van der Waals surface area contributed by atoms with E-state index < -0.39 is 8.56 Å². The van der Waals surface area contributed by atoms with Gasteiger partial charge in [0.1, 0.15) is 0 Å². The van der Waals surface area contributed by atoms with Crippen LogP contribution in [0.1, 0.15) is 67.2 Å². The summed E-state index contributed by atoms with van der Waals surface area (Å²) in [5, 5.41) is -0.258. The topological polar surface area (TPSA) is 52.6 Å². The molecule has 0 aliphatic heterocycles. The highest BCUT2D eigenvalue weighted by Gasteiger charge is 2.54. The van der Waals surface area contributed by atoms with Gasteiger partial charge in [-0.05, 0) is 40.5 Å². The molecule has 19 heavy (non-hydrogen) atoms. The second kappa shape index (κ2) is 8.61. The van der Waals surface area contributed by atoms with E-state index in [0.29, 0.717) is 25.7 Å². The van der Waals surface area contributed by atoms with Gasteiger partial charge >= 0.3 is 8.56 Å². The maximum atomic E-state index is 12.4. The second-order valence-electron chi connectivity index (χ2n) is 5.30. The van der Waals surface area contributed by atoms with Crippen LogP contribution < -0.4 is 0 Å². The van der Waals surface area contributed by atoms with Crippen molar-refractivity contribution >= 4 is 19.4 Å². The number of carbonyl (C=O) groups excluding carboxylic acids is 2. The Hall–Kier alpha value is -0.523. The molecule has 0 saturated carbocycles. The predicted molar refractivity (Wildman–Crippen MR) is 78.0 cm³/mol. The first-order valence-electron chi connectivity index (χ1n) is 7.22. The standard InChI is InChI=1S/C14H28O4Si/c1-7-9-13(15)19(17-11(3)4,18-12(5)6)14(16)10-8-2/h11-12H,7-10H2,1-6H3. The first-order valence-corrected chi connectivity index (χ1v) is 9.04. The van der Waals surface area contributed by atoms with E-state index in [0.717, 1.165) is 0 Å². The summed E-state index contributed by atoms with van der Waals surface area (Å²) in [4.78, 5) is 24.9. The molecule has 0 aliphatic rings. The number of hydrogen-bond acceptors (Lipinski definition) is 4. The maximum absolute atomic E-state index is 12.4. The Morgan fingerprint density at radius 1 is 0.842 bits per heavy atom. The van der Waals surface area contributed by atoms with Gasteiger partial charge in [0.25, 0.3) is 0 Å². The molecule has 0 unspecified atom stereocenters. The van der Waals surface area contributed by atoms with Gasteiger partial charge in [-0.15, -0.1) is 0 Å². The molecule has 0 radical (unpaired) electrons. The minimum Gasteiger partial charge on any atom is -0.382 e. The van der Waals surface area contributed by atoms with E-state index in [1.807, 2.05) is 41.5 Å². The highest BCUT2D eigenvalue weighted by atomic mass is 28.4. The van der Waals surface area contributed by atoms with Gasteiger partial charge in [0.05, 0.1) is 0 Å². The van der Waals surface area contributed by atoms with E-state index in [-0.39, 0.29) is 23.0 Å². The molecule has 0 N–H and O–H groups in total. The molecular weight excluding hydrogens is 260 g/mol. The molecule has 0 aliphatic carbocycles. The quantitative estimate of drug-likeness (QED) is 0.580. The number of carbonyl (C=O) groups is 2. The third-order valence-corrected chi connectivity index (χ3v) is 6.07. The average Bonchev–Trinajstić information content (AvgIpc) is 2.27. The third-order valence-electron chi connectivity index (χ3n) is 2.49. The molecule has 0 spiro atoms. The fourth-order valence-corrected chi connectivity index (χ4v) is 5.27. The van der Waals surface area contributed by atoms with Gasteiger partial charge < -0.3 is 8.85 Å². The zero-order valence-corrected chi connectivity index (χ0v) is 14.1. The Balaban J connectivity index is 5.42. The normalized spacial score (nSPS) is 12.2. The van der Waals surface area contributed by atoms with Crippen LogP contribution in [-0.2, 0) is 18.4 Å². The molecule has 5 heteroatoms.